The molecule has 0 aliphatic heterocycles. The molecule has 1 aliphatic rings. The summed E-state index contributed by atoms with van der Waals surface area (Å²) in [7, 11) is 3.61. The van der Waals surface area contributed by atoms with E-state index in [2.05, 4.69) is 5.43 Å². The Bertz CT molecular complexity index is 188. The van der Waals surface area contributed by atoms with Gasteiger partial charge in [0.25, 0.3) is 0 Å². The van der Waals surface area contributed by atoms with Crippen LogP contribution in [0.1, 0.15) is 32.1 Å². The van der Waals surface area contributed by atoms with Gasteiger partial charge in [-0.1, -0.05) is 12.8 Å². The molecule has 1 rings (SSSR count). The van der Waals surface area contributed by atoms with Crippen molar-refractivity contribution in [3.63, 3.8) is 0 Å². The highest BCUT2D eigenvalue weighted by Crippen LogP contribution is 2.27. The average Bonchev–Trinajstić information content (AvgIpc) is 2.53. The summed E-state index contributed by atoms with van der Waals surface area (Å²) in [6, 6.07) is 0.0393. The van der Waals surface area contributed by atoms with Crippen molar-refractivity contribution in [2.45, 2.75) is 38.1 Å². The number of carbonyl (C=O) groups is 1. The van der Waals surface area contributed by atoms with Gasteiger partial charge in [-0.05, 0) is 18.8 Å². The normalized spacial score (nSPS) is 20.0. The van der Waals surface area contributed by atoms with Crippen LogP contribution in [-0.4, -0.2) is 31.1 Å². The monoisotopic (exact) mass is 199 g/mol. The molecule has 0 aromatic rings. The maximum absolute atomic E-state index is 11.4. The number of nitrogens with one attached hydrogen (secondary N) is 1. The quantitative estimate of drug-likeness (QED) is 0.648. The van der Waals surface area contributed by atoms with Crippen LogP contribution in [0.3, 0.4) is 0 Å². The van der Waals surface area contributed by atoms with Crippen LogP contribution in [0.15, 0.2) is 0 Å². The van der Waals surface area contributed by atoms with E-state index in [1.165, 1.54) is 25.7 Å². The van der Waals surface area contributed by atoms with Gasteiger partial charge in [0, 0.05) is 26.6 Å². The van der Waals surface area contributed by atoms with E-state index in [-0.39, 0.29) is 11.9 Å². The number of hydrogen-bond donors (Lipinski definition) is 2. The lowest BCUT2D eigenvalue weighted by molar-refractivity contribution is -0.125. The number of carbonyl (C=O) groups excluding carboxylic acids is 1. The number of amides is 1. The van der Waals surface area contributed by atoms with Gasteiger partial charge < -0.3 is 5.73 Å². The lowest BCUT2D eigenvalue weighted by Gasteiger charge is -2.19. The highest BCUT2D eigenvalue weighted by Gasteiger charge is 2.23. The zero-order valence-corrected chi connectivity index (χ0v) is 9.12. The van der Waals surface area contributed by atoms with Crippen LogP contribution >= 0.6 is 0 Å². The predicted molar refractivity (Wildman–Crippen MR) is 56.4 cm³/mol. The van der Waals surface area contributed by atoms with Crippen LogP contribution < -0.4 is 11.2 Å². The first-order valence-electron chi connectivity index (χ1n) is 5.32. The van der Waals surface area contributed by atoms with Gasteiger partial charge in [-0.25, -0.2) is 5.01 Å². The number of hydrazine groups is 1. The Morgan fingerprint density at radius 3 is 2.57 bits per heavy atom. The Morgan fingerprint density at radius 1 is 1.50 bits per heavy atom. The van der Waals surface area contributed by atoms with Gasteiger partial charge in [0.15, 0.2) is 0 Å². The second-order valence-electron chi connectivity index (χ2n) is 4.34. The van der Waals surface area contributed by atoms with Crippen molar-refractivity contribution in [3.05, 3.63) is 0 Å². The topological polar surface area (TPSA) is 58.4 Å². The molecule has 4 nitrogen and oxygen atoms in total. The van der Waals surface area contributed by atoms with E-state index in [1.54, 1.807) is 19.1 Å². The van der Waals surface area contributed by atoms with Gasteiger partial charge >= 0.3 is 0 Å². The first-order chi connectivity index (χ1) is 6.59. The van der Waals surface area contributed by atoms with Crippen LogP contribution in [0.25, 0.3) is 0 Å². The molecule has 0 saturated heterocycles. The molecule has 82 valence electrons. The lowest BCUT2D eigenvalue weighted by Crippen LogP contribution is -2.41. The minimum absolute atomic E-state index is 0.0226. The summed E-state index contributed by atoms with van der Waals surface area (Å²) in [5.74, 6) is 0.581. The van der Waals surface area contributed by atoms with Crippen molar-refractivity contribution in [2.24, 2.45) is 11.7 Å². The molecule has 0 heterocycles. The van der Waals surface area contributed by atoms with Crippen molar-refractivity contribution in [1.82, 2.24) is 10.4 Å². The van der Waals surface area contributed by atoms with Crippen molar-refractivity contribution < 1.29 is 4.79 Å². The minimum Gasteiger partial charge on any atom is -0.327 e. The molecule has 1 saturated carbocycles. The molecule has 1 unspecified atom stereocenters. The number of nitrogens with zero attached hydrogens (tertiary/aromatic N) is 1. The Labute approximate surface area is 85.8 Å². The summed E-state index contributed by atoms with van der Waals surface area (Å²) in [5.41, 5.74) is 8.69. The molecule has 1 aliphatic carbocycles. The second-order valence-corrected chi connectivity index (χ2v) is 4.34. The van der Waals surface area contributed by atoms with Crippen LogP contribution in [-0.2, 0) is 4.79 Å². The van der Waals surface area contributed by atoms with Crippen LogP contribution in [0.4, 0.5) is 0 Å². The summed E-state index contributed by atoms with van der Waals surface area (Å²) >= 11 is 0. The van der Waals surface area contributed by atoms with Crippen molar-refractivity contribution >= 4 is 5.91 Å². The predicted octanol–water partition coefficient (Wildman–Crippen LogP) is 0.487. The summed E-state index contributed by atoms with van der Waals surface area (Å²) in [5, 5.41) is 1.66. The van der Waals surface area contributed by atoms with Crippen molar-refractivity contribution in [1.29, 1.82) is 0 Å². The molecule has 0 radical (unpaired) electrons. The molecule has 0 aromatic carbocycles. The van der Waals surface area contributed by atoms with E-state index >= 15 is 0 Å². The van der Waals surface area contributed by atoms with Gasteiger partial charge in [-0.3, -0.25) is 10.2 Å². The van der Waals surface area contributed by atoms with E-state index < -0.39 is 0 Å². The van der Waals surface area contributed by atoms with Gasteiger partial charge in [0.2, 0.25) is 5.91 Å². The molecule has 0 spiro atoms. The Balaban J connectivity index is 2.24. The Morgan fingerprint density at radius 2 is 2.07 bits per heavy atom. The van der Waals surface area contributed by atoms with E-state index in [9.17, 15) is 4.79 Å². The highest BCUT2D eigenvalue weighted by molar-refractivity contribution is 5.76. The molecule has 0 bridgehead atoms. The lowest BCUT2D eigenvalue weighted by atomic mass is 9.96. The van der Waals surface area contributed by atoms with E-state index in [0.29, 0.717) is 12.3 Å². The fourth-order valence-corrected chi connectivity index (χ4v) is 2.06. The molecule has 1 amide bonds. The minimum atomic E-state index is 0.0226. The molecular weight excluding hydrogens is 178 g/mol. The summed E-state index contributed by atoms with van der Waals surface area (Å²) in [4.78, 5) is 11.4. The van der Waals surface area contributed by atoms with Crippen LogP contribution in [0.5, 0.6) is 0 Å². The van der Waals surface area contributed by atoms with E-state index in [4.69, 9.17) is 5.73 Å². The van der Waals surface area contributed by atoms with Gasteiger partial charge in [0.1, 0.15) is 0 Å². The second kappa shape index (κ2) is 5.32. The molecule has 3 N–H and O–H groups in total. The van der Waals surface area contributed by atoms with Crippen LogP contribution in [0.2, 0.25) is 0 Å². The first-order valence-corrected chi connectivity index (χ1v) is 5.32. The maximum atomic E-state index is 11.4. The summed E-state index contributed by atoms with van der Waals surface area (Å²) in [6.07, 6.45) is 5.37. The fraction of sp³-hybridized carbons (Fsp3) is 0.900. The summed E-state index contributed by atoms with van der Waals surface area (Å²) in [6.45, 7) is 0. The third kappa shape index (κ3) is 3.64. The average molecular weight is 199 g/mol. The Hall–Kier alpha value is -0.610. The van der Waals surface area contributed by atoms with Crippen molar-refractivity contribution in [3.8, 4) is 0 Å². The molecule has 14 heavy (non-hydrogen) atoms. The smallest absolute Gasteiger partial charge is 0.235 e. The standard InChI is InChI=1S/C10H21N3O/c1-13(2)12-10(14)7-9(11)8-5-3-4-6-8/h8-9H,3-7,11H2,1-2H3,(H,12,14). The largest absolute Gasteiger partial charge is 0.327 e. The molecule has 4 heteroatoms. The number of hydrogen-bond acceptors (Lipinski definition) is 3. The number of nitrogens with two attached hydrogens (primary N) is 1. The fourth-order valence-electron chi connectivity index (χ4n) is 2.06. The van der Waals surface area contributed by atoms with Gasteiger partial charge in [0.05, 0.1) is 0 Å². The van der Waals surface area contributed by atoms with Crippen molar-refractivity contribution in [2.75, 3.05) is 14.1 Å². The maximum Gasteiger partial charge on any atom is 0.235 e. The Kier molecular flexibility index (Phi) is 4.35. The zero-order chi connectivity index (χ0) is 10.6. The SMILES string of the molecule is CN(C)NC(=O)CC(N)C1CCCC1. The molecule has 1 atom stereocenters. The van der Waals surface area contributed by atoms with E-state index in [1.807, 2.05) is 0 Å². The van der Waals surface area contributed by atoms with Gasteiger partial charge in [-0.15, -0.1) is 0 Å². The molecule has 0 aromatic heterocycles. The summed E-state index contributed by atoms with van der Waals surface area (Å²) < 4.78 is 0. The molecular formula is C10H21N3O. The van der Waals surface area contributed by atoms with Gasteiger partial charge in [-0.2, -0.15) is 0 Å². The zero-order valence-electron chi connectivity index (χ0n) is 9.12. The van der Waals surface area contributed by atoms with E-state index in [0.717, 1.165) is 0 Å². The third-order valence-corrected chi connectivity index (χ3v) is 2.77. The third-order valence-electron chi connectivity index (χ3n) is 2.77. The van der Waals surface area contributed by atoms with Crippen LogP contribution in [0, 0.1) is 5.92 Å². The first kappa shape index (κ1) is 11.5. The number of rotatable bonds is 4. The molecule has 1 fully saturated rings. The highest BCUT2D eigenvalue weighted by atomic mass is 16.2.